The standard InChI is InChI=1S/C8H13N3O/c1-8(2,3)4-6-7(5-12)10-11-9-6/h5H,4H2,1-3H3,(H,9,10,11). The van der Waals surface area contributed by atoms with Gasteiger partial charge in [-0.15, -0.1) is 0 Å². The van der Waals surface area contributed by atoms with Crippen LogP contribution in [0.3, 0.4) is 0 Å². The first kappa shape index (κ1) is 8.90. The zero-order chi connectivity index (χ0) is 9.19. The van der Waals surface area contributed by atoms with Crippen molar-refractivity contribution < 1.29 is 4.79 Å². The second-order valence-corrected chi connectivity index (χ2v) is 4.01. The molecule has 1 aromatic rings. The third-order valence-electron chi connectivity index (χ3n) is 1.46. The van der Waals surface area contributed by atoms with E-state index in [0.717, 1.165) is 18.4 Å². The van der Waals surface area contributed by atoms with E-state index in [1.165, 1.54) is 0 Å². The molecule has 0 aliphatic carbocycles. The average Bonchev–Trinajstić information content (AvgIpc) is 2.31. The van der Waals surface area contributed by atoms with Gasteiger partial charge in [0.15, 0.2) is 6.29 Å². The third kappa shape index (κ3) is 2.15. The average molecular weight is 167 g/mol. The maximum Gasteiger partial charge on any atom is 0.172 e. The van der Waals surface area contributed by atoms with Crippen molar-refractivity contribution in [2.24, 2.45) is 5.41 Å². The van der Waals surface area contributed by atoms with Gasteiger partial charge in [-0.1, -0.05) is 20.8 Å². The van der Waals surface area contributed by atoms with Crippen LogP contribution in [0.5, 0.6) is 0 Å². The molecule has 0 spiro atoms. The summed E-state index contributed by atoms with van der Waals surface area (Å²) in [4.78, 5) is 10.5. The number of aromatic nitrogens is 3. The molecule has 0 amide bonds. The van der Waals surface area contributed by atoms with Gasteiger partial charge in [0.25, 0.3) is 0 Å². The first-order valence-corrected chi connectivity index (χ1v) is 3.88. The molecule has 0 aliphatic rings. The topological polar surface area (TPSA) is 58.6 Å². The molecule has 4 nitrogen and oxygen atoms in total. The van der Waals surface area contributed by atoms with Gasteiger partial charge in [0, 0.05) is 0 Å². The quantitative estimate of drug-likeness (QED) is 0.673. The summed E-state index contributed by atoms with van der Waals surface area (Å²) in [6.07, 6.45) is 1.49. The normalized spacial score (nSPS) is 11.6. The summed E-state index contributed by atoms with van der Waals surface area (Å²) in [6, 6.07) is 0. The lowest BCUT2D eigenvalue weighted by Crippen LogP contribution is -2.10. The van der Waals surface area contributed by atoms with Crippen molar-refractivity contribution in [2.75, 3.05) is 0 Å². The van der Waals surface area contributed by atoms with E-state index < -0.39 is 0 Å². The van der Waals surface area contributed by atoms with Gasteiger partial charge in [-0.2, -0.15) is 15.4 Å². The summed E-state index contributed by atoms with van der Waals surface area (Å²) in [7, 11) is 0. The van der Waals surface area contributed by atoms with Crippen molar-refractivity contribution in [3.63, 3.8) is 0 Å². The van der Waals surface area contributed by atoms with Gasteiger partial charge in [-0.3, -0.25) is 4.79 Å². The first-order valence-electron chi connectivity index (χ1n) is 3.88. The van der Waals surface area contributed by atoms with Crippen LogP contribution in [-0.2, 0) is 6.42 Å². The summed E-state index contributed by atoms with van der Waals surface area (Å²) < 4.78 is 0. The second-order valence-electron chi connectivity index (χ2n) is 4.01. The minimum absolute atomic E-state index is 0.134. The largest absolute Gasteiger partial charge is 0.296 e. The zero-order valence-electron chi connectivity index (χ0n) is 7.59. The highest BCUT2D eigenvalue weighted by molar-refractivity contribution is 5.72. The Kier molecular flexibility index (Phi) is 2.26. The van der Waals surface area contributed by atoms with Crippen molar-refractivity contribution in [2.45, 2.75) is 27.2 Å². The van der Waals surface area contributed by atoms with Crippen LogP contribution in [0.15, 0.2) is 0 Å². The predicted octanol–water partition coefficient (Wildman–Crippen LogP) is 1.21. The highest BCUT2D eigenvalue weighted by Crippen LogP contribution is 2.19. The van der Waals surface area contributed by atoms with E-state index >= 15 is 0 Å². The van der Waals surface area contributed by atoms with Gasteiger partial charge < -0.3 is 0 Å². The van der Waals surface area contributed by atoms with Crippen molar-refractivity contribution >= 4 is 6.29 Å². The molecule has 66 valence electrons. The van der Waals surface area contributed by atoms with Gasteiger partial charge in [-0.05, 0) is 11.8 Å². The lowest BCUT2D eigenvalue weighted by molar-refractivity contribution is 0.111. The molecule has 1 rings (SSSR count). The van der Waals surface area contributed by atoms with Gasteiger partial charge in [0.2, 0.25) is 0 Å². The summed E-state index contributed by atoms with van der Waals surface area (Å²) in [5.41, 5.74) is 1.30. The van der Waals surface area contributed by atoms with E-state index in [1.54, 1.807) is 0 Å². The molecule has 0 aromatic carbocycles. The molecule has 0 fully saturated rings. The lowest BCUT2D eigenvalue weighted by atomic mass is 9.90. The monoisotopic (exact) mass is 167 g/mol. The Hall–Kier alpha value is -1.19. The number of nitrogens with zero attached hydrogens (tertiary/aromatic N) is 2. The van der Waals surface area contributed by atoms with Crippen molar-refractivity contribution in [3.05, 3.63) is 11.4 Å². The van der Waals surface area contributed by atoms with E-state index in [0.29, 0.717) is 5.69 Å². The Balaban J connectivity index is 2.81. The molecule has 0 atom stereocenters. The van der Waals surface area contributed by atoms with E-state index in [-0.39, 0.29) is 5.41 Å². The molecular weight excluding hydrogens is 154 g/mol. The first-order chi connectivity index (χ1) is 5.53. The number of hydrogen-bond acceptors (Lipinski definition) is 3. The maximum absolute atomic E-state index is 10.5. The lowest BCUT2D eigenvalue weighted by Gasteiger charge is -2.15. The van der Waals surface area contributed by atoms with Crippen LogP contribution in [-0.4, -0.2) is 21.7 Å². The molecule has 1 aromatic heterocycles. The van der Waals surface area contributed by atoms with Gasteiger partial charge >= 0.3 is 0 Å². The molecule has 0 bridgehead atoms. The molecule has 0 saturated carbocycles. The van der Waals surface area contributed by atoms with Gasteiger partial charge in [-0.25, -0.2) is 0 Å². The van der Waals surface area contributed by atoms with Crippen LogP contribution in [0.4, 0.5) is 0 Å². The number of carbonyl (C=O) groups excluding carboxylic acids is 1. The van der Waals surface area contributed by atoms with Crippen molar-refractivity contribution in [3.8, 4) is 0 Å². The molecule has 1 heterocycles. The molecule has 0 aliphatic heterocycles. The Labute approximate surface area is 71.4 Å². The minimum Gasteiger partial charge on any atom is -0.296 e. The molecule has 12 heavy (non-hydrogen) atoms. The summed E-state index contributed by atoms with van der Waals surface area (Å²) in [6.45, 7) is 6.28. The number of hydrogen-bond donors (Lipinski definition) is 1. The number of rotatable bonds is 2. The van der Waals surface area contributed by atoms with Crippen LogP contribution in [0.25, 0.3) is 0 Å². The summed E-state index contributed by atoms with van der Waals surface area (Å²) in [5, 5.41) is 10.1. The Morgan fingerprint density at radius 1 is 1.42 bits per heavy atom. The minimum atomic E-state index is 0.134. The maximum atomic E-state index is 10.5. The number of aromatic amines is 1. The fourth-order valence-electron chi connectivity index (χ4n) is 0.988. The van der Waals surface area contributed by atoms with Gasteiger partial charge in [0.05, 0.1) is 5.69 Å². The second kappa shape index (κ2) is 3.05. The molecule has 4 heteroatoms. The Morgan fingerprint density at radius 3 is 2.58 bits per heavy atom. The zero-order valence-corrected chi connectivity index (χ0v) is 7.59. The predicted molar refractivity (Wildman–Crippen MR) is 44.9 cm³/mol. The van der Waals surface area contributed by atoms with Crippen LogP contribution in [0.1, 0.15) is 37.0 Å². The number of nitrogens with one attached hydrogen (secondary N) is 1. The van der Waals surface area contributed by atoms with E-state index in [4.69, 9.17) is 0 Å². The SMILES string of the molecule is CC(C)(C)Cc1n[nH]nc1C=O. The van der Waals surface area contributed by atoms with Crippen molar-refractivity contribution in [1.82, 2.24) is 15.4 Å². The van der Waals surface area contributed by atoms with Crippen LogP contribution in [0.2, 0.25) is 0 Å². The van der Waals surface area contributed by atoms with Crippen LogP contribution in [0, 0.1) is 5.41 Å². The fourth-order valence-corrected chi connectivity index (χ4v) is 0.988. The smallest absolute Gasteiger partial charge is 0.172 e. The van der Waals surface area contributed by atoms with E-state index in [2.05, 4.69) is 36.2 Å². The molecule has 0 radical (unpaired) electrons. The van der Waals surface area contributed by atoms with Crippen molar-refractivity contribution in [1.29, 1.82) is 0 Å². The third-order valence-corrected chi connectivity index (χ3v) is 1.46. The highest BCUT2D eigenvalue weighted by atomic mass is 16.1. The van der Waals surface area contributed by atoms with E-state index in [9.17, 15) is 4.79 Å². The molecule has 0 unspecified atom stereocenters. The molecular formula is C8H13N3O. The van der Waals surface area contributed by atoms with Crippen LogP contribution >= 0.6 is 0 Å². The van der Waals surface area contributed by atoms with Gasteiger partial charge in [0.1, 0.15) is 5.69 Å². The molecule has 1 N–H and O–H groups in total. The summed E-state index contributed by atoms with van der Waals surface area (Å²) in [5.74, 6) is 0. The Bertz CT molecular complexity index is 272. The molecule has 0 saturated heterocycles. The Morgan fingerprint density at radius 2 is 2.08 bits per heavy atom. The number of H-pyrrole nitrogens is 1. The number of aldehydes is 1. The van der Waals surface area contributed by atoms with E-state index in [1.807, 2.05) is 0 Å². The van der Waals surface area contributed by atoms with Crippen LogP contribution < -0.4 is 0 Å². The fraction of sp³-hybridized carbons (Fsp3) is 0.625. The highest BCUT2D eigenvalue weighted by Gasteiger charge is 2.16. The summed E-state index contributed by atoms with van der Waals surface area (Å²) >= 11 is 0. The number of carbonyl (C=O) groups is 1.